The van der Waals surface area contributed by atoms with Crippen molar-refractivity contribution in [1.82, 2.24) is 15.3 Å². The van der Waals surface area contributed by atoms with Gasteiger partial charge in [-0.15, -0.1) is 0 Å². The molecular weight excluding hydrogens is 382 g/mol. The second-order valence-corrected chi connectivity index (χ2v) is 6.16. The first-order valence-electron chi connectivity index (χ1n) is 8.47. The van der Waals surface area contributed by atoms with Gasteiger partial charge >= 0.3 is 6.18 Å². The summed E-state index contributed by atoms with van der Waals surface area (Å²) >= 11 is 0. The van der Waals surface area contributed by atoms with Crippen molar-refractivity contribution in [1.29, 1.82) is 0 Å². The van der Waals surface area contributed by atoms with E-state index in [-0.39, 0.29) is 23.8 Å². The number of aromatic nitrogens is 2. The van der Waals surface area contributed by atoms with Crippen LogP contribution in [0.1, 0.15) is 27.7 Å². The zero-order valence-corrected chi connectivity index (χ0v) is 14.6. The minimum absolute atomic E-state index is 0.140. The number of hydrogen-bond donors (Lipinski definition) is 1. The van der Waals surface area contributed by atoms with Crippen molar-refractivity contribution in [2.75, 3.05) is 26.3 Å². The topological polar surface area (TPSA) is 73.3 Å². The molecule has 3 rings (SSSR count). The molecule has 1 aromatic carbocycles. The normalized spacial score (nSPS) is 17.4. The van der Waals surface area contributed by atoms with E-state index in [2.05, 4.69) is 20.0 Å². The van der Waals surface area contributed by atoms with E-state index in [0.717, 1.165) is 18.9 Å². The molecule has 1 aliphatic heterocycles. The van der Waals surface area contributed by atoms with Crippen molar-refractivity contribution in [2.24, 2.45) is 0 Å². The lowest BCUT2D eigenvalue weighted by Gasteiger charge is -2.24. The smallest absolute Gasteiger partial charge is 0.422 e. The van der Waals surface area contributed by atoms with Crippen molar-refractivity contribution in [3.63, 3.8) is 0 Å². The van der Waals surface area contributed by atoms with Crippen LogP contribution in [0.5, 0.6) is 5.88 Å². The molecule has 10 heteroatoms. The fraction of sp³-hybridized carbons (Fsp3) is 0.389. The number of carbonyl (C=O) groups excluding carboxylic acids is 1. The maximum absolute atomic E-state index is 14.4. The Bertz CT molecular complexity index is 839. The van der Waals surface area contributed by atoms with Crippen molar-refractivity contribution in [3.8, 4) is 5.88 Å². The Kier molecular flexibility index (Phi) is 6.20. The molecule has 0 radical (unpaired) electrons. The van der Waals surface area contributed by atoms with Crippen LogP contribution in [0.4, 0.5) is 17.6 Å². The predicted octanol–water partition coefficient (Wildman–Crippen LogP) is 2.64. The zero-order chi connectivity index (χ0) is 20.1. The third kappa shape index (κ3) is 5.46. The molecule has 150 valence electrons. The Morgan fingerprint density at radius 1 is 1.32 bits per heavy atom. The van der Waals surface area contributed by atoms with Gasteiger partial charge in [0.1, 0.15) is 11.5 Å². The average Bonchev–Trinajstić information content (AvgIpc) is 2.68. The van der Waals surface area contributed by atoms with Crippen LogP contribution >= 0.6 is 0 Å². The van der Waals surface area contributed by atoms with Crippen LogP contribution in [-0.2, 0) is 11.2 Å². The minimum Gasteiger partial charge on any atom is -0.467 e. The van der Waals surface area contributed by atoms with Gasteiger partial charge in [-0.3, -0.25) is 9.78 Å². The standard InChI is InChI=1S/C18H17F4N3O3/c19-13-5-12(16-8-23-3-4-27-16)2-1-11(13)6-15(26)14-7-24-9-17(25-14)28-10-18(20,21)22/h1-2,5,7,9,16,23H,3-4,6,8,10H2/t16-/m0/s1. The van der Waals surface area contributed by atoms with Gasteiger partial charge in [0.25, 0.3) is 0 Å². The summed E-state index contributed by atoms with van der Waals surface area (Å²) in [6, 6.07) is 4.48. The van der Waals surface area contributed by atoms with E-state index >= 15 is 0 Å². The number of rotatable bonds is 6. The van der Waals surface area contributed by atoms with Gasteiger partial charge in [0.2, 0.25) is 5.88 Å². The van der Waals surface area contributed by atoms with Gasteiger partial charge in [0.05, 0.1) is 25.1 Å². The van der Waals surface area contributed by atoms with Crippen LogP contribution < -0.4 is 10.1 Å². The highest BCUT2D eigenvalue weighted by atomic mass is 19.4. The molecule has 0 amide bonds. The Morgan fingerprint density at radius 3 is 2.82 bits per heavy atom. The number of alkyl halides is 3. The molecule has 2 aromatic rings. The molecule has 0 bridgehead atoms. The van der Waals surface area contributed by atoms with Crippen molar-refractivity contribution < 1.29 is 31.8 Å². The number of hydrogen-bond acceptors (Lipinski definition) is 6. The van der Waals surface area contributed by atoms with Crippen molar-refractivity contribution in [2.45, 2.75) is 18.7 Å². The van der Waals surface area contributed by atoms with Gasteiger partial charge in [-0.25, -0.2) is 9.37 Å². The molecule has 28 heavy (non-hydrogen) atoms. The lowest BCUT2D eigenvalue weighted by atomic mass is 10.0. The predicted molar refractivity (Wildman–Crippen MR) is 89.6 cm³/mol. The number of nitrogens with one attached hydrogen (secondary N) is 1. The summed E-state index contributed by atoms with van der Waals surface area (Å²) in [5.41, 5.74) is 0.590. The Labute approximate surface area is 157 Å². The first-order valence-corrected chi connectivity index (χ1v) is 8.47. The van der Waals surface area contributed by atoms with E-state index in [0.29, 0.717) is 18.7 Å². The lowest BCUT2D eigenvalue weighted by Crippen LogP contribution is -2.33. The van der Waals surface area contributed by atoms with Gasteiger partial charge in [-0.05, 0) is 17.2 Å². The van der Waals surface area contributed by atoms with E-state index in [1.54, 1.807) is 6.07 Å². The van der Waals surface area contributed by atoms with Crippen LogP contribution in [0.2, 0.25) is 0 Å². The van der Waals surface area contributed by atoms with Gasteiger partial charge in [0, 0.05) is 19.5 Å². The maximum Gasteiger partial charge on any atom is 0.422 e. The number of carbonyl (C=O) groups is 1. The summed E-state index contributed by atoms with van der Waals surface area (Å²) in [6.45, 7) is 0.280. The van der Waals surface area contributed by atoms with Crippen LogP contribution in [0.25, 0.3) is 0 Å². The number of morpholine rings is 1. The van der Waals surface area contributed by atoms with Crippen LogP contribution in [0.15, 0.2) is 30.6 Å². The second kappa shape index (κ2) is 8.61. The monoisotopic (exact) mass is 399 g/mol. The molecule has 1 fully saturated rings. The fourth-order valence-electron chi connectivity index (χ4n) is 2.66. The molecule has 0 aliphatic carbocycles. The summed E-state index contributed by atoms with van der Waals surface area (Å²) in [5.74, 6) is -1.59. The van der Waals surface area contributed by atoms with Gasteiger partial charge < -0.3 is 14.8 Å². The Morgan fingerprint density at radius 2 is 2.14 bits per heavy atom. The first kappa shape index (κ1) is 20.2. The average molecular weight is 399 g/mol. The maximum atomic E-state index is 14.4. The highest BCUT2D eigenvalue weighted by molar-refractivity contribution is 5.95. The SMILES string of the molecule is O=C(Cc1ccc([C@@H]2CNCCO2)cc1F)c1cncc(OCC(F)(F)F)n1. The van der Waals surface area contributed by atoms with Crippen LogP contribution in [0, 0.1) is 5.82 Å². The molecule has 1 N–H and O–H groups in total. The van der Waals surface area contributed by atoms with E-state index in [1.165, 1.54) is 12.1 Å². The number of ketones is 1. The van der Waals surface area contributed by atoms with E-state index < -0.39 is 30.3 Å². The van der Waals surface area contributed by atoms with E-state index in [4.69, 9.17) is 4.74 Å². The Balaban J connectivity index is 1.67. The number of benzene rings is 1. The third-order valence-electron chi connectivity index (χ3n) is 4.01. The molecule has 0 spiro atoms. The van der Waals surface area contributed by atoms with Gasteiger partial charge in [-0.1, -0.05) is 12.1 Å². The van der Waals surface area contributed by atoms with Crippen LogP contribution in [0.3, 0.4) is 0 Å². The second-order valence-electron chi connectivity index (χ2n) is 6.16. The molecule has 1 aromatic heterocycles. The molecular formula is C18H17F4N3O3. The molecule has 1 aliphatic rings. The number of nitrogens with zero attached hydrogens (tertiary/aromatic N) is 2. The largest absolute Gasteiger partial charge is 0.467 e. The van der Waals surface area contributed by atoms with Gasteiger partial charge in [-0.2, -0.15) is 13.2 Å². The highest BCUT2D eigenvalue weighted by Crippen LogP contribution is 2.22. The zero-order valence-electron chi connectivity index (χ0n) is 14.6. The van der Waals surface area contributed by atoms with Gasteiger partial charge in [0.15, 0.2) is 12.4 Å². The molecule has 1 saturated heterocycles. The molecule has 6 nitrogen and oxygen atoms in total. The minimum atomic E-state index is -4.54. The van der Waals surface area contributed by atoms with Crippen molar-refractivity contribution in [3.05, 3.63) is 53.2 Å². The number of Topliss-reactive ketones (excluding diaryl/α,β-unsaturated/α-hetero) is 1. The Hall–Kier alpha value is -2.59. The lowest BCUT2D eigenvalue weighted by molar-refractivity contribution is -0.154. The number of halogens is 4. The molecule has 0 unspecified atom stereocenters. The van der Waals surface area contributed by atoms with E-state index in [9.17, 15) is 22.4 Å². The summed E-state index contributed by atoms with van der Waals surface area (Å²) in [5, 5.41) is 3.15. The number of ether oxygens (including phenoxy) is 2. The fourth-order valence-corrected chi connectivity index (χ4v) is 2.66. The van der Waals surface area contributed by atoms with E-state index in [1.807, 2.05) is 0 Å². The summed E-state index contributed by atoms with van der Waals surface area (Å²) in [6.07, 6.45) is -3.05. The molecule has 2 heterocycles. The quantitative estimate of drug-likeness (QED) is 0.595. The highest BCUT2D eigenvalue weighted by Gasteiger charge is 2.29. The summed E-state index contributed by atoms with van der Waals surface area (Å²) < 4.78 is 61.0. The third-order valence-corrected chi connectivity index (χ3v) is 4.01. The van der Waals surface area contributed by atoms with Crippen LogP contribution in [-0.4, -0.2) is 48.2 Å². The molecule has 0 saturated carbocycles. The molecule has 1 atom stereocenters. The van der Waals surface area contributed by atoms with Crippen molar-refractivity contribution >= 4 is 5.78 Å². The first-order chi connectivity index (χ1) is 13.3. The summed E-state index contributed by atoms with van der Waals surface area (Å²) in [7, 11) is 0. The summed E-state index contributed by atoms with van der Waals surface area (Å²) in [4.78, 5) is 19.7.